The lowest BCUT2D eigenvalue weighted by Crippen LogP contribution is -2.33. The number of hydrogen-bond donors (Lipinski definition) is 0. The highest BCUT2D eigenvalue weighted by Gasteiger charge is 2.49. The first-order chi connectivity index (χ1) is 16.0. The maximum atomic E-state index is 12.7. The Bertz CT molecular complexity index is 1080. The first kappa shape index (κ1) is 22.0. The molecular weight excluding hydrogens is 420 g/mol. The number of methoxy groups -OCH3 is 1. The van der Waals surface area contributed by atoms with Crippen molar-refractivity contribution >= 4 is 11.8 Å². The van der Waals surface area contributed by atoms with Crippen molar-refractivity contribution in [2.24, 2.45) is 5.92 Å². The van der Waals surface area contributed by atoms with Crippen LogP contribution in [-0.2, 0) is 20.7 Å². The van der Waals surface area contributed by atoms with E-state index in [-0.39, 0.29) is 24.3 Å². The largest absolute Gasteiger partial charge is 0.493 e. The molecule has 6 nitrogen and oxygen atoms in total. The van der Waals surface area contributed by atoms with Gasteiger partial charge in [-0.05, 0) is 55.7 Å². The Morgan fingerprint density at radius 3 is 2.55 bits per heavy atom. The van der Waals surface area contributed by atoms with Gasteiger partial charge in [-0.15, -0.1) is 0 Å². The fraction of sp³-hybridized carbons (Fsp3) is 0.481. The molecular formula is C27H30O6. The van der Waals surface area contributed by atoms with Gasteiger partial charge in [0.2, 0.25) is 0 Å². The third kappa shape index (κ3) is 4.36. The minimum absolute atomic E-state index is 0.0885. The van der Waals surface area contributed by atoms with Crippen LogP contribution in [-0.4, -0.2) is 44.3 Å². The molecule has 1 heterocycles. The zero-order chi connectivity index (χ0) is 23.0. The van der Waals surface area contributed by atoms with Crippen molar-refractivity contribution in [3.63, 3.8) is 0 Å². The summed E-state index contributed by atoms with van der Waals surface area (Å²) < 4.78 is 23.4. The van der Waals surface area contributed by atoms with Gasteiger partial charge in [0.05, 0.1) is 13.0 Å². The molecule has 0 unspecified atom stereocenters. The average molecular weight is 451 g/mol. The standard InChI is InChI=1S/C27H30O6/c1-17-3-6-22(20-4-7-21-19(15-20)5-8-23(21)28)25(24(17)30-2)32-16-27(11-12-27)33-26(29)18-9-13-31-14-10-18/h3-4,6-7,15,18H,5,8-14,16H2,1-2H3. The van der Waals surface area contributed by atoms with E-state index in [1.807, 2.05) is 31.2 Å². The molecule has 2 aromatic carbocycles. The fourth-order valence-electron chi connectivity index (χ4n) is 4.76. The van der Waals surface area contributed by atoms with Gasteiger partial charge in [0.1, 0.15) is 12.2 Å². The predicted octanol–water partition coefficient (Wildman–Crippen LogP) is 4.68. The number of fused-ring (bicyclic) bond motifs is 1. The molecule has 0 radical (unpaired) electrons. The maximum Gasteiger partial charge on any atom is 0.309 e. The van der Waals surface area contributed by atoms with Gasteiger partial charge in [0, 0.05) is 30.8 Å². The van der Waals surface area contributed by atoms with Gasteiger partial charge < -0.3 is 18.9 Å². The van der Waals surface area contributed by atoms with E-state index in [0.29, 0.717) is 44.0 Å². The fourth-order valence-corrected chi connectivity index (χ4v) is 4.76. The minimum atomic E-state index is -0.564. The number of hydrogen-bond acceptors (Lipinski definition) is 6. The highest BCUT2D eigenvalue weighted by Crippen LogP contribution is 2.45. The molecule has 0 aromatic heterocycles. The molecule has 2 aromatic rings. The second-order valence-corrected chi connectivity index (χ2v) is 9.37. The van der Waals surface area contributed by atoms with Crippen molar-refractivity contribution in [1.82, 2.24) is 0 Å². The minimum Gasteiger partial charge on any atom is -0.493 e. The predicted molar refractivity (Wildman–Crippen MR) is 123 cm³/mol. The van der Waals surface area contributed by atoms with Gasteiger partial charge in [-0.1, -0.05) is 30.3 Å². The Labute approximate surface area is 194 Å². The van der Waals surface area contributed by atoms with Crippen LogP contribution in [0, 0.1) is 12.8 Å². The Kier molecular flexibility index (Phi) is 5.87. The summed E-state index contributed by atoms with van der Waals surface area (Å²) in [4.78, 5) is 24.7. The zero-order valence-electron chi connectivity index (χ0n) is 19.3. The maximum absolute atomic E-state index is 12.7. The molecule has 5 rings (SSSR count). The average Bonchev–Trinajstić information content (AvgIpc) is 3.51. The van der Waals surface area contributed by atoms with Gasteiger partial charge in [-0.25, -0.2) is 0 Å². The number of benzene rings is 2. The molecule has 6 heteroatoms. The molecule has 1 aliphatic heterocycles. The Morgan fingerprint density at radius 2 is 1.82 bits per heavy atom. The summed E-state index contributed by atoms with van der Waals surface area (Å²) in [6, 6.07) is 10.00. The number of carbonyl (C=O) groups excluding carboxylic acids is 2. The summed E-state index contributed by atoms with van der Waals surface area (Å²) in [6.45, 7) is 3.49. The number of ketones is 1. The summed E-state index contributed by atoms with van der Waals surface area (Å²) in [6.07, 6.45) is 4.37. The van der Waals surface area contributed by atoms with Crippen LogP contribution < -0.4 is 9.47 Å². The first-order valence-electron chi connectivity index (χ1n) is 11.8. The van der Waals surface area contributed by atoms with E-state index in [1.54, 1.807) is 7.11 Å². The summed E-state index contributed by atoms with van der Waals surface area (Å²) in [7, 11) is 1.64. The lowest BCUT2D eigenvalue weighted by atomic mass is 9.98. The smallest absolute Gasteiger partial charge is 0.309 e. The van der Waals surface area contributed by atoms with Crippen LogP contribution in [0.2, 0.25) is 0 Å². The quantitative estimate of drug-likeness (QED) is 0.571. The Hall–Kier alpha value is -2.86. The van der Waals surface area contributed by atoms with Crippen LogP contribution in [0.25, 0.3) is 11.1 Å². The number of esters is 1. The van der Waals surface area contributed by atoms with E-state index in [9.17, 15) is 9.59 Å². The van der Waals surface area contributed by atoms with E-state index in [4.69, 9.17) is 18.9 Å². The molecule has 0 amide bonds. The molecule has 1 saturated heterocycles. The van der Waals surface area contributed by atoms with E-state index in [0.717, 1.165) is 47.1 Å². The highest BCUT2D eigenvalue weighted by molar-refractivity contribution is 6.01. The van der Waals surface area contributed by atoms with Crippen LogP contribution in [0.4, 0.5) is 0 Å². The van der Waals surface area contributed by atoms with Crippen LogP contribution >= 0.6 is 0 Å². The molecule has 3 aliphatic rings. The molecule has 0 atom stereocenters. The third-order valence-corrected chi connectivity index (χ3v) is 7.01. The van der Waals surface area contributed by atoms with Gasteiger partial charge in [-0.2, -0.15) is 0 Å². The first-order valence-corrected chi connectivity index (χ1v) is 11.8. The number of carbonyl (C=O) groups is 2. The van der Waals surface area contributed by atoms with E-state index in [1.165, 1.54) is 0 Å². The lowest BCUT2D eigenvalue weighted by Gasteiger charge is -2.25. The highest BCUT2D eigenvalue weighted by atomic mass is 16.6. The molecule has 0 spiro atoms. The van der Waals surface area contributed by atoms with Crippen molar-refractivity contribution in [2.45, 2.75) is 51.0 Å². The molecule has 2 aliphatic carbocycles. The van der Waals surface area contributed by atoms with Gasteiger partial charge in [0.15, 0.2) is 17.3 Å². The van der Waals surface area contributed by atoms with Crippen LogP contribution in [0.15, 0.2) is 30.3 Å². The number of ether oxygens (including phenoxy) is 4. The van der Waals surface area contributed by atoms with Crippen molar-refractivity contribution in [3.8, 4) is 22.6 Å². The van der Waals surface area contributed by atoms with Gasteiger partial charge in [-0.3, -0.25) is 9.59 Å². The molecule has 33 heavy (non-hydrogen) atoms. The topological polar surface area (TPSA) is 71.1 Å². The second-order valence-electron chi connectivity index (χ2n) is 9.37. The Morgan fingerprint density at radius 1 is 1.06 bits per heavy atom. The van der Waals surface area contributed by atoms with E-state index < -0.39 is 5.60 Å². The van der Waals surface area contributed by atoms with E-state index in [2.05, 4.69) is 6.07 Å². The number of aryl methyl sites for hydroxylation is 2. The summed E-state index contributed by atoms with van der Waals surface area (Å²) in [5.41, 5.74) is 4.19. The SMILES string of the molecule is COc1c(C)ccc(-c2ccc3c(c2)CCC3=O)c1OCC1(OC(=O)C2CCOCC2)CC1. The van der Waals surface area contributed by atoms with E-state index >= 15 is 0 Å². The van der Waals surface area contributed by atoms with Crippen molar-refractivity contribution in [2.75, 3.05) is 26.9 Å². The molecule has 174 valence electrons. The second kappa shape index (κ2) is 8.82. The van der Waals surface area contributed by atoms with Crippen LogP contribution in [0.3, 0.4) is 0 Å². The monoisotopic (exact) mass is 450 g/mol. The van der Waals surface area contributed by atoms with Crippen LogP contribution in [0.5, 0.6) is 11.5 Å². The molecule has 0 bridgehead atoms. The number of Topliss-reactive ketones (excluding diaryl/α,β-unsaturated/α-hetero) is 1. The summed E-state index contributed by atoms with van der Waals surface area (Å²) in [5, 5.41) is 0. The molecule has 0 N–H and O–H groups in total. The molecule has 1 saturated carbocycles. The molecule has 2 fully saturated rings. The Balaban J connectivity index is 1.38. The van der Waals surface area contributed by atoms with Gasteiger partial charge >= 0.3 is 5.97 Å². The van der Waals surface area contributed by atoms with Crippen molar-refractivity contribution in [3.05, 3.63) is 47.0 Å². The zero-order valence-corrected chi connectivity index (χ0v) is 19.3. The van der Waals surface area contributed by atoms with Crippen LogP contribution in [0.1, 0.15) is 53.6 Å². The summed E-state index contributed by atoms with van der Waals surface area (Å²) >= 11 is 0. The normalized spacial score (nSPS) is 19.2. The van der Waals surface area contributed by atoms with Gasteiger partial charge in [0.25, 0.3) is 0 Å². The summed E-state index contributed by atoms with van der Waals surface area (Å²) in [5.74, 6) is 1.30. The van der Waals surface area contributed by atoms with Crippen molar-refractivity contribution < 1.29 is 28.5 Å². The van der Waals surface area contributed by atoms with Crippen molar-refractivity contribution in [1.29, 1.82) is 0 Å². The third-order valence-electron chi connectivity index (χ3n) is 7.01. The number of rotatable bonds is 7. The lowest BCUT2D eigenvalue weighted by molar-refractivity contribution is -0.161.